The second-order valence-electron chi connectivity index (χ2n) is 5.95. The number of sulfone groups is 1. The Kier molecular flexibility index (Phi) is 7.26. The monoisotopic (exact) mass is 340 g/mol. The fourth-order valence-electron chi connectivity index (χ4n) is 2.99. The van der Waals surface area contributed by atoms with Gasteiger partial charge in [0.15, 0.2) is 9.84 Å². The van der Waals surface area contributed by atoms with Gasteiger partial charge in [-0.1, -0.05) is 39.7 Å². The van der Waals surface area contributed by atoms with E-state index >= 15 is 0 Å². The van der Waals surface area contributed by atoms with Crippen molar-refractivity contribution >= 4 is 15.8 Å². The summed E-state index contributed by atoms with van der Waals surface area (Å²) in [5.74, 6) is -0.291. The molecule has 0 heterocycles. The number of benzene rings is 1. The van der Waals surface area contributed by atoms with Crippen molar-refractivity contribution in [2.24, 2.45) is 0 Å². The molecule has 0 saturated carbocycles. The summed E-state index contributed by atoms with van der Waals surface area (Å²) in [6.45, 7) is 6.20. The zero-order valence-corrected chi connectivity index (χ0v) is 15.6. The smallest absolute Gasteiger partial charge is 0.338 e. The molecule has 0 amide bonds. The maximum atomic E-state index is 12.3. The number of carbonyl (C=O) groups is 1. The highest BCUT2D eigenvalue weighted by Crippen LogP contribution is 2.33. The lowest BCUT2D eigenvalue weighted by atomic mass is 9.88. The number of carbonyl (C=O) groups excluding carboxylic acids is 1. The molecule has 0 aromatic heterocycles. The maximum absolute atomic E-state index is 12.3. The molecular weight excluding hydrogens is 312 g/mol. The van der Waals surface area contributed by atoms with E-state index in [0.29, 0.717) is 5.56 Å². The van der Waals surface area contributed by atoms with Crippen LogP contribution in [-0.2, 0) is 21.0 Å². The zero-order chi connectivity index (χ0) is 17.6. The molecule has 23 heavy (non-hydrogen) atoms. The lowest BCUT2D eigenvalue weighted by Gasteiger charge is -2.21. The molecule has 1 atom stereocenters. The van der Waals surface area contributed by atoms with Crippen LogP contribution in [0.15, 0.2) is 17.0 Å². The Morgan fingerprint density at radius 1 is 1.17 bits per heavy atom. The minimum atomic E-state index is -3.41. The first-order chi connectivity index (χ1) is 10.8. The summed E-state index contributed by atoms with van der Waals surface area (Å²) in [4.78, 5) is 12.3. The Balaban J connectivity index is 3.66. The van der Waals surface area contributed by atoms with Gasteiger partial charge in [0.05, 0.1) is 17.6 Å². The van der Waals surface area contributed by atoms with Crippen LogP contribution in [0.25, 0.3) is 0 Å². The lowest BCUT2D eigenvalue weighted by molar-refractivity contribution is 0.0599. The predicted octanol–water partition coefficient (Wildman–Crippen LogP) is 4.12. The van der Waals surface area contributed by atoms with E-state index in [-0.39, 0.29) is 10.8 Å². The highest BCUT2D eigenvalue weighted by molar-refractivity contribution is 7.90. The van der Waals surface area contributed by atoms with Crippen molar-refractivity contribution in [1.29, 1.82) is 0 Å². The van der Waals surface area contributed by atoms with Crippen LogP contribution < -0.4 is 0 Å². The Bertz CT molecular complexity index is 647. The predicted molar refractivity (Wildman–Crippen MR) is 92.8 cm³/mol. The molecule has 0 spiro atoms. The van der Waals surface area contributed by atoms with Gasteiger partial charge in [0, 0.05) is 6.26 Å². The van der Waals surface area contributed by atoms with E-state index in [1.807, 2.05) is 13.0 Å². The van der Waals surface area contributed by atoms with E-state index in [0.717, 1.165) is 43.2 Å². The molecule has 1 unspecified atom stereocenters. The third kappa shape index (κ3) is 4.80. The van der Waals surface area contributed by atoms with E-state index < -0.39 is 15.8 Å². The molecule has 0 bridgehead atoms. The SMILES string of the molecule is CCCc1cc(C(CC)CCC)c(S(C)(=O)=O)cc1C(=O)OC. The molecule has 0 aliphatic rings. The van der Waals surface area contributed by atoms with Crippen LogP contribution in [0.3, 0.4) is 0 Å². The van der Waals surface area contributed by atoms with Crippen LogP contribution in [0.4, 0.5) is 0 Å². The van der Waals surface area contributed by atoms with Gasteiger partial charge in [0.2, 0.25) is 0 Å². The first kappa shape index (κ1) is 19.7. The topological polar surface area (TPSA) is 60.4 Å². The van der Waals surface area contributed by atoms with E-state index in [1.165, 1.54) is 19.4 Å². The van der Waals surface area contributed by atoms with Crippen LogP contribution >= 0.6 is 0 Å². The van der Waals surface area contributed by atoms with Crippen LogP contribution in [0, 0.1) is 0 Å². The molecule has 0 aliphatic heterocycles. The van der Waals surface area contributed by atoms with Crippen LogP contribution in [0.5, 0.6) is 0 Å². The lowest BCUT2D eigenvalue weighted by Crippen LogP contribution is -2.13. The minimum Gasteiger partial charge on any atom is -0.465 e. The average Bonchev–Trinajstić information content (AvgIpc) is 2.50. The van der Waals surface area contributed by atoms with Crippen molar-refractivity contribution in [3.05, 3.63) is 28.8 Å². The van der Waals surface area contributed by atoms with Crippen molar-refractivity contribution in [2.45, 2.75) is 63.7 Å². The Morgan fingerprint density at radius 2 is 1.83 bits per heavy atom. The molecule has 0 fully saturated rings. The average molecular weight is 340 g/mol. The van der Waals surface area contributed by atoms with Gasteiger partial charge in [0.25, 0.3) is 0 Å². The first-order valence-electron chi connectivity index (χ1n) is 8.25. The number of rotatable bonds is 8. The van der Waals surface area contributed by atoms with Gasteiger partial charge in [-0.05, 0) is 42.4 Å². The summed E-state index contributed by atoms with van der Waals surface area (Å²) >= 11 is 0. The molecule has 1 aromatic rings. The number of aryl methyl sites for hydroxylation is 1. The van der Waals surface area contributed by atoms with Gasteiger partial charge in [0.1, 0.15) is 0 Å². The van der Waals surface area contributed by atoms with Crippen molar-refractivity contribution < 1.29 is 17.9 Å². The number of hydrogen-bond acceptors (Lipinski definition) is 4. The number of ether oxygens (including phenoxy) is 1. The van der Waals surface area contributed by atoms with Crippen LogP contribution in [-0.4, -0.2) is 27.8 Å². The largest absolute Gasteiger partial charge is 0.465 e. The van der Waals surface area contributed by atoms with E-state index in [4.69, 9.17) is 4.74 Å². The van der Waals surface area contributed by atoms with Crippen molar-refractivity contribution in [3.8, 4) is 0 Å². The molecule has 1 aromatic carbocycles. The maximum Gasteiger partial charge on any atom is 0.338 e. The number of esters is 1. The second kappa shape index (κ2) is 8.48. The fourth-order valence-corrected chi connectivity index (χ4v) is 3.97. The summed E-state index contributed by atoms with van der Waals surface area (Å²) in [7, 11) is -2.09. The van der Waals surface area contributed by atoms with Gasteiger partial charge in [-0.15, -0.1) is 0 Å². The minimum absolute atomic E-state index is 0.187. The summed E-state index contributed by atoms with van der Waals surface area (Å²) < 4.78 is 29.3. The molecule has 0 N–H and O–H groups in total. The van der Waals surface area contributed by atoms with Gasteiger partial charge in [-0.25, -0.2) is 13.2 Å². The quantitative estimate of drug-likeness (QED) is 0.668. The molecule has 130 valence electrons. The molecule has 1 rings (SSSR count). The highest BCUT2D eigenvalue weighted by Gasteiger charge is 2.24. The van der Waals surface area contributed by atoms with E-state index in [1.54, 1.807) is 0 Å². The van der Waals surface area contributed by atoms with Crippen molar-refractivity contribution in [2.75, 3.05) is 13.4 Å². The highest BCUT2D eigenvalue weighted by atomic mass is 32.2. The van der Waals surface area contributed by atoms with Crippen LogP contribution in [0.1, 0.15) is 73.9 Å². The molecule has 0 radical (unpaired) electrons. The number of methoxy groups -OCH3 is 1. The summed E-state index contributed by atoms with van der Waals surface area (Å²) in [5.41, 5.74) is 2.08. The third-order valence-corrected chi connectivity index (χ3v) is 5.28. The Hall–Kier alpha value is -1.36. The zero-order valence-electron chi connectivity index (χ0n) is 14.8. The summed E-state index contributed by atoms with van der Waals surface area (Å²) in [5, 5.41) is 0. The van der Waals surface area contributed by atoms with Crippen molar-refractivity contribution in [3.63, 3.8) is 0 Å². The van der Waals surface area contributed by atoms with Gasteiger partial charge in [-0.2, -0.15) is 0 Å². The van der Waals surface area contributed by atoms with Crippen LogP contribution in [0.2, 0.25) is 0 Å². The first-order valence-corrected chi connectivity index (χ1v) is 10.1. The molecular formula is C18H28O4S. The van der Waals surface area contributed by atoms with Gasteiger partial charge >= 0.3 is 5.97 Å². The molecule has 0 aliphatic carbocycles. The third-order valence-electron chi connectivity index (χ3n) is 4.13. The normalized spacial score (nSPS) is 12.9. The number of hydrogen-bond donors (Lipinski definition) is 0. The molecule has 0 saturated heterocycles. The Morgan fingerprint density at radius 3 is 2.26 bits per heavy atom. The standard InChI is InChI=1S/C18H28O4S/c1-6-9-13(8-3)15-11-14(10-7-2)16(18(19)22-4)12-17(15)23(5,20)21/h11-13H,6-10H2,1-5H3. The summed E-state index contributed by atoms with van der Waals surface area (Å²) in [6.07, 6.45) is 5.60. The second-order valence-corrected chi connectivity index (χ2v) is 7.94. The van der Waals surface area contributed by atoms with Gasteiger partial charge < -0.3 is 4.74 Å². The van der Waals surface area contributed by atoms with Crippen molar-refractivity contribution in [1.82, 2.24) is 0 Å². The van der Waals surface area contributed by atoms with E-state index in [2.05, 4.69) is 13.8 Å². The molecule has 5 heteroatoms. The molecule has 4 nitrogen and oxygen atoms in total. The van der Waals surface area contributed by atoms with E-state index in [9.17, 15) is 13.2 Å². The Labute approximate surface area is 140 Å². The summed E-state index contributed by atoms with van der Waals surface area (Å²) in [6, 6.07) is 3.43. The fraction of sp³-hybridized carbons (Fsp3) is 0.611. The van der Waals surface area contributed by atoms with Gasteiger partial charge in [-0.3, -0.25) is 0 Å².